The number of hydrogen-bond donors (Lipinski definition) is 2. The first-order valence-corrected chi connectivity index (χ1v) is 3.42. The van der Waals surface area contributed by atoms with Crippen molar-refractivity contribution >= 4 is 10.9 Å². The molecule has 2 rings (SSSR count). The maximum absolute atomic E-state index is 8.88. The highest BCUT2D eigenvalue weighted by Gasteiger charge is 1.99. The molecule has 0 aliphatic heterocycles. The van der Waals surface area contributed by atoms with Crippen LogP contribution in [0.3, 0.4) is 0 Å². The Bertz CT molecular complexity index is 367. The van der Waals surface area contributed by atoms with Gasteiger partial charge in [0.2, 0.25) is 0 Å². The molecule has 0 amide bonds. The number of rotatable bonds is 1. The van der Waals surface area contributed by atoms with E-state index in [-0.39, 0.29) is 6.61 Å². The number of pyridine rings is 1. The van der Waals surface area contributed by atoms with Crippen molar-refractivity contribution in [1.29, 1.82) is 0 Å². The average molecular weight is 148 g/mol. The van der Waals surface area contributed by atoms with E-state index in [1.165, 1.54) is 0 Å². The molecule has 0 unspecified atom stereocenters. The highest BCUT2D eigenvalue weighted by atomic mass is 16.3. The quantitative estimate of drug-likeness (QED) is 0.635. The van der Waals surface area contributed by atoms with Crippen LogP contribution >= 0.6 is 0 Å². The first-order valence-electron chi connectivity index (χ1n) is 3.42. The van der Waals surface area contributed by atoms with Crippen LogP contribution in [0.4, 0.5) is 0 Å². The van der Waals surface area contributed by atoms with E-state index >= 15 is 0 Å². The first-order chi connectivity index (χ1) is 5.42. The summed E-state index contributed by atoms with van der Waals surface area (Å²) in [4.78, 5) is 7.00. The fraction of sp³-hybridized carbons (Fsp3) is 0.125. The van der Waals surface area contributed by atoms with Gasteiger partial charge in [-0.2, -0.15) is 0 Å². The maximum atomic E-state index is 8.88. The molecule has 0 aliphatic carbocycles. The van der Waals surface area contributed by atoms with Gasteiger partial charge in [0.05, 0.1) is 6.61 Å². The Hall–Kier alpha value is -1.35. The SMILES string of the molecule is OCc1c[nH]c2ccncc12. The van der Waals surface area contributed by atoms with Crippen molar-refractivity contribution < 1.29 is 5.11 Å². The predicted octanol–water partition coefficient (Wildman–Crippen LogP) is 1.06. The number of H-pyrrole nitrogens is 1. The summed E-state index contributed by atoms with van der Waals surface area (Å²) in [5.41, 5.74) is 1.91. The largest absolute Gasteiger partial charge is 0.392 e. The van der Waals surface area contributed by atoms with Gasteiger partial charge in [0.15, 0.2) is 0 Å². The van der Waals surface area contributed by atoms with Crippen LogP contribution in [-0.4, -0.2) is 15.1 Å². The molecule has 56 valence electrons. The molecule has 0 radical (unpaired) electrons. The van der Waals surface area contributed by atoms with E-state index < -0.39 is 0 Å². The number of nitrogens with zero attached hydrogens (tertiary/aromatic N) is 1. The second-order valence-electron chi connectivity index (χ2n) is 2.39. The van der Waals surface area contributed by atoms with Crippen LogP contribution in [0.15, 0.2) is 24.7 Å². The van der Waals surface area contributed by atoms with Crippen molar-refractivity contribution in [3.8, 4) is 0 Å². The lowest BCUT2D eigenvalue weighted by molar-refractivity contribution is 0.283. The van der Waals surface area contributed by atoms with Crippen molar-refractivity contribution in [3.63, 3.8) is 0 Å². The summed E-state index contributed by atoms with van der Waals surface area (Å²) in [6.45, 7) is 0.0612. The first kappa shape index (κ1) is 6.37. The Morgan fingerprint density at radius 2 is 2.45 bits per heavy atom. The van der Waals surface area contributed by atoms with Crippen molar-refractivity contribution in [2.75, 3.05) is 0 Å². The molecule has 0 spiro atoms. The van der Waals surface area contributed by atoms with Gasteiger partial charge in [-0.15, -0.1) is 0 Å². The van der Waals surface area contributed by atoms with Crippen LogP contribution in [0.2, 0.25) is 0 Å². The molecular formula is C8H8N2O. The molecule has 0 aliphatic rings. The summed E-state index contributed by atoms with van der Waals surface area (Å²) >= 11 is 0. The third-order valence-electron chi connectivity index (χ3n) is 1.74. The fourth-order valence-corrected chi connectivity index (χ4v) is 1.15. The summed E-state index contributed by atoms with van der Waals surface area (Å²) in [7, 11) is 0. The summed E-state index contributed by atoms with van der Waals surface area (Å²) in [5.74, 6) is 0. The molecule has 0 saturated heterocycles. The van der Waals surface area contributed by atoms with E-state index in [0.29, 0.717) is 0 Å². The smallest absolute Gasteiger partial charge is 0.0703 e. The summed E-state index contributed by atoms with van der Waals surface area (Å²) < 4.78 is 0. The zero-order chi connectivity index (χ0) is 7.68. The Balaban J connectivity index is 2.76. The van der Waals surface area contributed by atoms with E-state index in [9.17, 15) is 0 Å². The van der Waals surface area contributed by atoms with E-state index in [1.54, 1.807) is 18.6 Å². The lowest BCUT2D eigenvalue weighted by Gasteiger charge is -1.89. The van der Waals surface area contributed by atoms with Gasteiger partial charge in [0.25, 0.3) is 0 Å². The van der Waals surface area contributed by atoms with Gasteiger partial charge in [0, 0.05) is 35.1 Å². The summed E-state index contributed by atoms with van der Waals surface area (Å²) in [5, 5.41) is 9.87. The zero-order valence-corrected chi connectivity index (χ0v) is 5.91. The summed E-state index contributed by atoms with van der Waals surface area (Å²) in [6, 6.07) is 1.88. The topological polar surface area (TPSA) is 48.9 Å². The van der Waals surface area contributed by atoms with Gasteiger partial charge < -0.3 is 10.1 Å². The molecule has 2 aromatic rings. The number of fused-ring (bicyclic) bond motifs is 1. The molecule has 2 N–H and O–H groups in total. The Morgan fingerprint density at radius 3 is 3.27 bits per heavy atom. The van der Waals surface area contributed by atoms with Crippen molar-refractivity contribution in [3.05, 3.63) is 30.2 Å². The molecule has 2 heterocycles. The number of aromatic amines is 1. The van der Waals surface area contributed by atoms with Crippen LogP contribution in [-0.2, 0) is 6.61 Å². The van der Waals surface area contributed by atoms with Crippen LogP contribution in [0.1, 0.15) is 5.56 Å². The van der Waals surface area contributed by atoms with Crippen molar-refractivity contribution in [2.24, 2.45) is 0 Å². The van der Waals surface area contributed by atoms with E-state index in [4.69, 9.17) is 5.11 Å². The van der Waals surface area contributed by atoms with Gasteiger partial charge in [0.1, 0.15) is 0 Å². The molecule has 0 aromatic carbocycles. The highest BCUT2D eigenvalue weighted by Crippen LogP contribution is 2.15. The number of aromatic nitrogens is 2. The molecule has 2 aromatic heterocycles. The van der Waals surface area contributed by atoms with Crippen LogP contribution in [0.25, 0.3) is 10.9 Å². The Kier molecular flexibility index (Phi) is 1.36. The van der Waals surface area contributed by atoms with E-state index in [0.717, 1.165) is 16.5 Å². The molecule has 0 saturated carbocycles. The molecule has 0 bridgehead atoms. The maximum Gasteiger partial charge on any atom is 0.0703 e. The lowest BCUT2D eigenvalue weighted by Crippen LogP contribution is -1.78. The third-order valence-corrected chi connectivity index (χ3v) is 1.74. The number of hydrogen-bond acceptors (Lipinski definition) is 2. The standard InChI is InChI=1S/C8H8N2O/c11-5-6-3-10-8-1-2-9-4-7(6)8/h1-4,10-11H,5H2. The Morgan fingerprint density at radius 1 is 1.55 bits per heavy atom. The third kappa shape index (κ3) is 0.897. The monoisotopic (exact) mass is 148 g/mol. The predicted molar refractivity (Wildman–Crippen MR) is 42.0 cm³/mol. The molecule has 11 heavy (non-hydrogen) atoms. The Labute approximate surface area is 63.7 Å². The molecule has 0 fully saturated rings. The minimum Gasteiger partial charge on any atom is -0.392 e. The number of aliphatic hydroxyl groups is 1. The molecule has 0 atom stereocenters. The van der Waals surface area contributed by atoms with Crippen LogP contribution in [0, 0.1) is 0 Å². The average Bonchev–Trinajstić information content (AvgIpc) is 2.47. The van der Waals surface area contributed by atoms with Gasteiger partial charge in [-0.05, 0) is 6.07 Å². The summed E-state index contributed by atoms with van der Waals surface area (Å²) in [6.07, 6.45) is 5.27. The van der Waals surface area contributed by atoms with Crippen molar-refractivity contribution in [2.45, 2.75) is 6.61 Å². The van der Waals surface area contributed by atoms with Crippen molar-refractivity contribution in [1.82, 2.24) is 9.97 Å². The normalized spacial score (nSPS) is 10.6. The zero-order valence-electron chi connectivity index (χ0n) is 5.91. The van der Waals surface area contributed by atoms with Crippen LogP contribution in [0.5, 0.6) is 0 Å². The molecular weight excluding hydrogens is 140 g/mol. The minimum absolute atomic E-state index is 0.0612. The fourth-order valence-electron chi connectivity index (χ4n) is 1.15. The minimum atomic E-state index is 0.0612. The second kappa shape index (κ2) is 2.36. The van der Waals surface area contributed by atoms with Gasteiger partial charge in [-0.1, -0.05) is 0 Å². The number of aliphatic hydroxyl groups excluding tert-OH is 1. The molecule has 3 heteroatoms. The lowest BCUT2D eigenvalue weighted by atomic mass is 10.2. The molecule has 3 nitrogen and oxygen atoms in total. The second-order valence-corrected chi connectivity index (χ2v) is 2.39. The van der Waals surface area contributed by atoms with Gasteiger partial charge in [-0.3, -0.25) is 4.98 Å². The van der Waals surface area contributed by atoms with Gasteiger partial charge in [-0.25, -0.2) is 0 Å². The van der Waals surface area contributed by atoms with Crippen LogP contribution < -0.4 is 0 Å². The number of nitrogens with one attached hydrogen (secondary N) is 1. The highest BCUT2D eigenvalue weighted by molar-refractivity contribution is 5.81. The van der Waals surface area contributed by atoms with Gasteiger partial charge >= 0.3 is 0 Å². The van der Waals surface area contributed by atoms with E-state index in [1.807, 2.05) is 6.07 Å². The van der Waals surface area contributed by atoms with E-state index in [2.05, 4.69) is 9.97 Å².